The Hall–Kier alpha value is -2.80. The van der Waals surface area contributed by atoms with E-state index in [0.717, 1.165) is 24.3 Å². The summed E-state index contributed by atoms with van der Waals surface area (Å²) in [6.07, 6.45) is 1.01. The number of hydrogen-bond acceptors (Lipinski definition) is 3. The Morgan fingerprint density at radius 3 is 2.71 bits per heavy atom. The second-order valence-corrected chi connectivity index (χ2v) is 5.13. The first-order valence-electron chi connectivity index (χ1n) is 6.83. The number of carbonyl (C=O) groups excluding carboxylic acids is 1. The molecule has 2 aromatic rings. The molecule has 0 radical (unpaired) electrons. The van der Waals surface area contributed by atoms with Gasteiger partial charge in [0.15, 0.2) is 0 Å². The van der Waals surface area contributed by atoms with Crippen molar-refractivity contribution in [2.75, 3.05) is 23.8 Å². The summed E-state index contributed by atoms with van der Waals surface area (Å²) in [7, 11) is 2.03. The maximum Gasteiger partial charge on any atom is 0.255 e. The van der Waals surface area contributed by atoms with Crippen LogP contribution in [0.15, 0.2) is 42.5 Å². The fourth-order valence-corrected chi connectivity index (χ4v) is 2.64. The van der Waals surface area contributed by atoms with Gasteiger partial charge in [0.05, 0.1) is 23.0 Å². The van der Waals surface area contributed by atoms with E-state index in [4.69, 9.17) is 5.26 Å². The zero-order valence-corrected chi connectivity index (χ0v) is 11.8. The van der Waals surface area contributed by atoms with E-state index >= 15 is 0 Å². The Balaban J connectivity index is 1.85. The van der Waals surface area contributed by atoms with Gasteiger partial charge in [0, 0.05) is 19.2 Å². The van der Waals surface area contributed by atoms with Crippen molar-refractivity contribution >= 4 is 17.3 Å². The van der Waals surface area contributed by atoms with Crippen LogP contribution in [0.2, 0.25) is 0 Å². The largest absolute Gasteiger partial charge is 0.372 e. The van der Waals surface area contributed by atoms with Crippen LogP contribution in [0, 0.1) is 11.3 Å². The van der Waals surface area contributed by atoms with Crippen molar-refractivity contribution in [3.63, 3.8) is 0 Å². The molecule has 104 valence electrons. The number of para-hydroxylation sites is 1. The lowest BCUT2D eigenvalue weighted by Crippen LogP contribution is -2.17. The van der Waals surface area contributed by atoms with Crippen molar-refractivity contribution in [2.24, 2.45) is 0 Å². The third kappa shape index (κ3) is 2.46. The predicted molar refractivity (Wildman–Crippen MR) is 82.5 cm³/mol. The van der Waals surface area contributed by atoms with Gasteiger partial charge in [0.2, 0.25) is 0 Å². The second kappa shape index (κ2) is 5.29. The lowest BCUT2D eigenvalue weighted by atomic mass is 10.1. The molecule has 1 aliphatic rings. The third-order valence-electron chi connectivity index (χ3n) is 3.74. The highest BCUT2D eigenvalue weighted by Gasteiger charge is 2.20. The maximum atomic E-state index is 12.3. The van der Waals surface area contributed by atoms with E-state index in [9.17, 15) is 4.79 Å². The molecule has 0 saturated carbocycles. The average molecular weight is 277 g/mol. The van der Waals surface area contributed by atoms with Gasteiger partial charge in [-0.1, -0.05) is 12.1 Å². The van der Waals surface area contributed by atoms with Crippen LogP contribution in [0.4, 0.5) is 11.4 Å². The molecule has 0 fully saturated rings. The molecule has 0 aromatic heterocycles. The van der Waals surface area contributed by atoms with E-state index in [2.05, 4.69) is 16.3 Å². The molecule has 0 saturated heterocycles. The Labute approximate surface area is 123 Å². The number of nitriles is 1. The number of hydrogen-bond donors (Lipinski definition) is 1. The number of benzene rings is 2. The number of fused-ring (bicyclic) bond motifs is 1. The minimum absolute atomic E-state index is 0.159. The van der Waals surface area contributed by atoms with Gasteiger partial charge in [0.25, 0.3) is 5.91 Å². The first-order chi connectivity index (χ1) is 10.2. The molecule has 3 rings (SSSR count). The topological polar surface area (TPSA) is 56.1 Å². The lowest BCUT2D eigenvalue weighted by Gasteiger charge is -2.17. The molecule has 1 N–H and O–H groups in total. The van der Waals surface area contributed by atoms with Gasteiger partial charge >= 0.3 is 0 Å². The number of nitrogens with zero attached hydrogens (tertiary/aromatic N) is 2. The highest BCUT2D eigenvalue weighted by atomic mass is 16.1. The SMILES string of the molecule is CN1CCc2cccc(NC(=O)c3ccc(C#N)cc3)c21. The first-order valence-corrected chi connectivity index (χ1v) is 6.83. The summed E-state index contributed by atoms with van der Waals surface area (Å²) in [5.74, 6) is -0.159. The zero-order chi connectivity index (χ0) is 14.8. The molecular weight excluding hydrogens is 262 g/mol. The number of likely N-dealkylation sites (N-methyl/N-ethyl adjacent to an activating group) is 1. The average Bonchev–Trinajstić information content (AvgIpc) is 2.90. The number of amides is 1. The van der Waals surface area contributed by atoms with Crippen LogP contribution in [-0.4, -0.2) is 19.5 Å². The summed E-state index contributed by atoms with van der Waals surface area (Å²) >= 11 is 0. The summed E-state index contributed by atoms with van der Waals surface area (Å²) in [5.41, 5.74) is 4.29. The molecule has 4 heteroatoms. The maximum absolute atomic E-state index is 12.3. The van der Waals surface area contributed by atoms with Crippen molar-refractivity contribution in [3.8, 4) is 6.07 Å². The Morgan fingerprint density at radius 1 is 1.24 bits per heavy atom. The number of rotatable bonds is 2. The van der Waals surface area contributed by atoms with Crippen LogP contribution >= 0.6 is 0 Å². The Morgan fingerprint density at radius 2 is 2.00 bits per heavy atom. The molecule has 0 unspecified atom stereocenters. The molecule has 21 heavy (non-hydrogen) atoms. The number of carbonyl (C=O) groups is 1. The fourth-order valence-electron chi connectivity index (χ4n) is 2.64. The molecule has 0 bridgehead atoms. The van der Waals surface area contributed by atoms with Gasteiger partial charge in [-0.05, 0) is 42.3 Å². The summed E-state index contributed by atoms with van der Waals surface area (Å²) < 4.78 is 0. The van der Waals surface area contributed by atoms with Gasteiger partial charge in [-0.25, -0.2) is 0 Å². The van der Waals surface area contributed by atoms with Crippen molar-refractivity contribution in [1.82, 2.24) is 0 Å². The van der Waals surface area contributed by atoms with Gasteiger partial charge in [0.1, 0.15) is 0 Å². The van der Waals surface area contributed by atoms with E-state index in [1.54, 1.807) is 24.3 Å². The summed E-state index contributed by atoms with van der Waals surface area (Å²) in [5, 5.41) is 11.7. The van der Waals surface area contributed by atoms with Gasteiger partial charge in [-0.2, -0.15) is 5.26 Å². The molecule has 0 spiro atoms. The van der Waals surface area contributed by atoms with Crippen molar-refractivity contribution < 1.29 is 4.79 Å². The van der Waals surface area contributed by atoms with Crippen molar-refractivity contribution in [2.45, 2.75) is 6.42 Å². The van der Waals surface area contributed by atoms with E-state index in [1.165, 1.54) is 5.56 Å². The molecule has 0 aliphatic carbocycles. The minimum atomic E-state index is -0.159. The van der Waals surface area contributed by atoms with E-state index in [-0.39, 0.29) is 5.91 Å². The van der Waals surface area contributed by atoms with E-state index in [0.29, 0.717) is 11.1 Å². The van der Waals surface area contributed by atoms with Gasteiger partial charge < -0.3 is 10.2 Å². The third-order valence-corrected chi connectivity index (χ3v) is 3.74. The molecule has 1 heterocycles. The molecular formula is C17H15N3O. The lowest BCUT2D eigenvalue weighted by molar-refractivity contribution is 0.102. The second-order valence-electron chi connectivity index (χ2n) is 5.13. The van der Waals surface area contributed by atoms with Gasteiger partial charge in [-0.3, -0.25) is 4.79 Å². The minimum Gasteiger partial charge on any atom is -0.372 e. The Bertz CT molecular complexity index is 729. The summed E-state index contributed by atoms with van der Waals surface area (Å²) in [6.45, 7) is 0.971. The fraction of sp³-hybridized carbons (Fsp3) is 0.176. The predicted octanol–water partition coefficient (Wildman–Crippen LogP) is 2.80. The smallest absolute Gasteiger partial charge is 0.255 e. The summed E-state index contributed by atoms with van der Waals surface area (Å²) in [4.78, 5) is 14.5. The normalized spacial score (nSPS) is 12.7. The number of anilines is 2. The van der Waals surface area contributed by atoms with Crippen LogP contribution in [0.5, 0.6) is 0 Å². The summed E-state index contributed by atoms with van der Waals surface area (Å²) in [6, 6.07) is 14.7. The number of nitrogens with one attached hydrogen (secondary N) is 1. The zero-order valence-electron chi connectivity index (χ0n) is 11.8. The van der Waals surface area contributed by atoms with E-state index in [1.807, 2.05) is 25.2 Å². The van der Waals surface area contributed by atoms with Crippen molar-refractivity contribution in [3.05, 3.63) is 59.2 Å². The highest BCUT2D eigenvalue weighted by molar-refractivity contribution is 6.06. The van der Waals surface area contributed by atoms with E-state index < -0.39 is 0 Å². The molecule has 2 aromatic carbocycles. The van der Waals surface area contributed by atoms with Crippen LogP contribution in [-0.2, 0) is 6.42 Å². The van der Waals surface area contributed by atoms with Crippen LogP contribution in [0.1, 0.15) is 21.5 Å². The standard InChI is InChI=1S/C17H15N3O/c1-20-10-9-13-3-2-4-15(16(13)20)19-17(21)14-7-5-12(11-18)6-8-14/h2-8H,9-10H2,1H3,(H,19,21). The van der Waals surface area contributed by atoms with Crippen LogP contribution in [0.3, 0.4) is 0 Å². The molecule has 4 nitrogen and oxygen atoms in total. The van der Waals surface area contributed by atoms with Crippen LogP contribution < -0.4 is 10.2 Å². The first kappa shape index (κ1) is 13.2. The molecule has 0 atom stereocenters. The van der Waals surface area contributed by atoms with Crippen LogP contribution in [0.25, 0.3) is 0 Å². The quantitative estimate of drug-likeness (QED) is 0.918. The monoisotopic (exact) mass is 277 g/mol. The Kier molecular flexibility index (Phi) is 3.33. The molecule has 1 amide bonds. The van der Waals surface area contributed by atoms with Crippen molar-refractivity contribution in [1.29, 1.82) is 5.26 Å². The molecule has 1 aliphatic heterocycles. The highest BCUT2D eigenvalue weighted by Crippen LogP contribution is 2.34. The van der Waals surface area contributed by atoms with Gasteiger partial charge in [-0.15, -0.1) is 0 Å².